The molecule has 1 aliphatic rings. The van der Waals surface area contributed by atoms with Gasteiger partial charge in [0.25, 0.3) is 0 Å². The quantitative estimate of drug-likeness (QED) is 0.499. The van der Waals surface area contributed by atoms with Gasteiger partial charge >= 0.3 is 0 Å². The molecule has 34 heavy (non-hydrogen) atoms. The first-order chi connectivity index (χ1) is 16.7. The fraction of sp³-hybridized carbons (Fsp3) is 0.321. The lowest BCUT2D eigenvalue weighted by molar-refractivity contribution is -0.126. The van der Waals surface area contributed by atoms with Crippen LogP contribution in [0.1, 0.15) is 16.7 Å². The molecule has 1 saturated heterocycles. The van der Waals surface area contributed by atoms with E-state index in [0.29, 0.717) is 13.2 Å². The second-order valence-electron chi connectivity index (χ2n) is 8.49. The van der Waals surface area contributed by atoms with E-state index in [1.54, 1.807) is 7.11 Å². The Bertz CT molecular complexity index is 1050. The van der Waals surface area contributed by atoms with Crippen molar-refractivity contribution in [1.29, 1.82) is 0 Å². The van der Waals surface area contributed by atoms with E-state index in [2.05, 4.69) is 63.6 Å². The highest BCUT2D eigenvalue weighted by atomic mass is 16.5. The summed E-state index contributed by atoms with van der Waals surface area (Å²) in [5.41, 5.74) is 4.67. The minimum Gasteiger partial charge on any atom is -0.497 e. The van der Waals surface area contributed by atoms with Gasteiger partial charge in [0, 0.05) is 45.0 Å². The highest BCUT2D eigenvalue weighted by molar-refractivity contribution is 5.77. The zero-order valence-corrected chi connectivity index (χ0v) is 19.8. The van der Waals surface area contributed by atoms with Gasteiger partial charge in [0.2, 0.25) is 5.91 Å². The average molecular weight is 460 g/mol. The number of ether oxygens (including phenoxy) is 2. The summed E-state index contributed by atoms with van der Waals surface area (Å²) in [6.07, 6.45) is 0. The van der Waals surface area contributed by atoms with E-state index < -0.39 is 0 Å². The molecule has 0 saturated carbocycles. The van der Waals surface area contributed by atoms with Crippen LogP contribution in [0.2, 0.25) is 0 Å². The third kappa shape index (κ3) is 6.83. The molecule has 6 heteroatoms. The van der Waals surface area contributed by atoms with Crippen LogP contribution in [0.3, 0.4) is 0 Å². The van der Waals surface area contributed by atoms with Gasteiger partial charge in [0.05, 0.1) is 13.7 Å². The number of piperazine rings is 1. The van der Waals surface area contributed by atoms with Gasteiger partial charge in [-0.15, -0.1) is 0 Å². The van der Waals surface area contributed by atoms with Crippen molar-refractivity contribution in [2.75, 3.05) is 44.8 Å². The van der Waals surface area contributed by atoms with E-state index in [9.17, 15) is 4.79 Å². The largest absolute Gasteiger partial charge is 0.497 e. The molecule has 1 fully saturated rings. The first kappa shape index (κ1) is 23.8. The van der Waals surface area contributed by atoms with Gasteiger partial charge in [-0.1, -0.05) is 54.6 Å². The number of nitrogens with zero attached hydrogens (tertiary/aromatic N) is 2. The molecule has 3 aromatic rings. The number of anilines is 1. The zero-order chi connectivity index (χ0) is 23.6. The maximum Gasteiger partial charge on any atom is 0.246 e. The van der Waals surface area contributed by atoms with Crippen molar-refractivity contribution >= 4 is 11.6 Å². The van der Waals surface area contributed by atoms with Crippen molar-refractivity contribution in [2.45, 2.75) is 19.7 Å². The first-order valence-corrected chi connectivity index (χ1v) is 11.8. The predicted octanol–water partition coefficient (Wildman–Crippen LogP) is 3.85. The number of rotatable bonds is 10. The van der Waals surface area contributed by atoms with Crippen molar-refractivity contribution in [2.24, 2.45) is 0 Å². The van der Waals surface area contributed by atoms with Crippen LogP contribution in [0, 0.1) is 0 Å². The van der Waals surface area contributed by atoms with E-state index in [4.69, 9.17) is 9.47 Å². The number of carbonyl (C=O) groups excluding carboxylic acids is 1. The molecule has 1 amide bonds. The van der Waals surface area contributed by atoms with E-state index in [1.807, 2.05) is 30.3 Å². The maximum atomic E-state index is 12.3. The van der Waals surface area contributed by atoms with Crippen LogP contribution in [-0.2, 0) is 29.2 Å². The minimum atomic E-state index is -0.117. The number of hydrogen-bond donors (Lipinski definition) is 1. The molecule has 0 unspecified atom stereocenters. The highest BCUT2D eigenvalue weighted by Gasteiger charge is 2.18. The lowest BCUT2D eigenvalue weighted by atomic mass is 10.1. The van der Waals surface area contributed by atoms with Crippen LogP contribution in [0.5, 0.6) is 5.75 Å². The Hall–Kier alpha value is -3.35. The van der Waals surface area contributed by atoms with Crippen LogP contribution in [0.25, 0.3) is 0 Å². The topological polar surface area (TPSA) is 54.0 Å². The SMILES string of the molecule is COc1cccc(COCC(=O)NCc2ccccc2CN2CCN(c3ccccc3)CC2)c1. The van der Waals surface area contributed by atoms with Crippen molar-refractivity contribution in [3.05, 3.63) is 95.6 Å². The number of amides is 1. The molecule has 3 aromatic carbocycles. The van der Waals surface area contributed by atoms with Crippen LogP contribution < -0.4 is 15.0 Å². The molecular formula is C28H33N3O3. The molecule has 1 aliphatic heterocycles. The summed E-state index contributed by atoms with van der Waals surface area (Å²) < 4.78 is 10.8. The number of para-hydroxylation sites is 1. The van der Waals surface area contributed by atoms with E-state index in [1.165, 1.54) is 11.3 Å². The Balaban J connectivity index is 1.22. The summed E-state index contributed by atoms with van der Waals surface area (Å²) in [4.78, 5) is 17.2. The normalized spacial score (nSPS) is 14.1. The molecule has 1 N–H and O–H groups in total. The second-order valence-corrected chi connectivity index (χ2v) is 8.49. The van der Waals surface area contributed by atoms with Gasteiger partial charge in [-0.2, -0.15) is 0 Å². The molecule has 1 heterocycles. The fourth-order valence-electron chi connectivity index (χ4n) is 4.20. The van der Waals surface area contributed by atoms with Crippen LogP contribution in [-0.4, -0.2) is 50.7 Å². The van der Waals surface area contributed by atoms with Crippen molar-refractivity contribution in [3.63, 3.8) is 0 Å². The Morgan fingerprint density at radius 2 is 1.62 bits per heavy atom. The van der Waals surface area contributed by atoms with Crippen LogP contribution in [0.4, 0.5) is 5.69 Å². The van der Waals surface area contributed by atoms with Gasteiger partial charge in [0.15, 0.2) is 0 Å². The summed E-state index contributed by atoms with van der Waals surface area (Å²) >= 11 is 0. The molecule has 0 aliphatic carbocycles. The van der Waals surface area contributed by atoms with E-state index in [0.717, 1.165) is 49.6 Å². The Kier molecular flexibility index (Phi) is 8.54. The van der Waals surface area contributed by atoms with Crippen molar-refractivity contribution in [3.8, 4) is 5.75 Å². The Labute approximate surface area is 202 Å². The highest BCUT2D eigenvalue weighted by Crippen LogP contribution is 2.18. The van der Waals surface area contributed by atoms with Crippen molar-refractivity contribution in [1.82, 2.24) is 10.2 Å². The number of nitrogens with one attached hydrogen (secondary N) is 1. The van der Waals surface area contributed by atoms with Crippen LogP contribution in [0.15, 0.2) is 78.9 Å². The standard InChI is InChI=1S/C28H33N3O3/c1-33-27-13-7-8-23(18-27)21-34-22-28(32)29-19-24-9-5-6-10-25(24)20-30-14-16-31(17-15-30)26-11-3-2-4-12-26/h2-13,18H,14-17,19-22H2,1H3,(H,29,32). The summed E-state index contributed by atoms with van der Waals surface area (Å²) in [6, 6.07) is 26.6. The zero-order valence-electron chi connectivity index (χ0n) is 19.8. The third-order valence-electron chi connectivity index (χ3n) is 6.12. The van der Waals surface area contributed by atoms with E-state index in [-0.39, 0.29) is 12.5 Å². The smallest absolute Gasteiger partial charge is 0.246 e. The third-order valence-corrected chi connectivity index (χ3v) is 6.12. The summed E-state index contributed by atoms with van der Waals surface area (Å²) in [5, 5.41) is 3.00. The van der Waals surface area contributed by atoms with Crippen LogP contribution >= 0.6 is 0 Å². The summed E-state index contributed by atoms with van der Waals surface area (Å²) in [5.74, 6) is 0.665. The lowest BCUT2D eigenvalue weighted by Gasteiger charge is -2.36. The first-order valence-electron chi connectivity index (χ1n) is 11.8. The van der Waals surface area contributed by atoms with Crippen molar-refractivity contribution < 1.29 is 14.3 Å². The lowest BCUT2D eigenvalue weighted by Crippen LogP contribution is -2.46. The minimum absolute atomic E-state index is 0.0286. The van der Waals surface area contributed by atoms with Gasteiger partial charge in [0.1, 0.15) is 12.4 Å². The fourth-order valence-corrected chi connectivity index (χ4v) is 4.20. The maximum absolute atomic E-state index is 12.3. The Morgan fingerprint density at radius 1 is 0.882 bits per heavy atom. The molecule has 0 bridgehead atoms. The number of carbonyl (C=O) groups is 1. The molecule has 0 aromatic heterocycles. The molecular weight excluding hydrogens is 426 g/mol. The molecule has 0 atom stereocenters. The van der Waals surface area contributed by atoms with Gasteiger partial charge < -0.3 is 19.7 Å². The van der Waals surface area contributed by atoms with Gasteiger partial charge in [-0.05, 0) is 41.0 Å². The van der Waals surface area contributed by atoms with Gasteiger partial charge in [-0.25, -0.2) is 0 Å². The molecule has 0 radical (unpaired) electrons. The number of hydrogen-bond acceptors (Lipinski definition) is 5. The monoisotopic (exact) mass is 459 g/mol. The predicted molar refractivity (Wildman–Crippen MR) is 135 cm³/mol. The summed E-state index contributed by atoms with van der Waals surface area (Å²) in [6.45, 7) is 5.88. The molecule has 0 spiro atoms. The Morgan fingerprint density at radius 3 is 2.38 bits per heavy atom. The second kappa shape index (κ2) is 12.2. The summed E-state index contributed by atoms with van der Waals surface area (Å²) in [7, 11) is 1.63. The van der Waals surface area contributed by atoms with Gasteiger partial charge in [-0.3, -0.25) is 9.69 Å². The molecule has 6 nitrogen and oxygen atoms in total. The van der Waals surface area contributed by atoms with E-state index >= 15 is 0 Å². The molecule has 178 valence electrons. The number of benzene rings is 3. The average Bonchev–Trinajstić information content (AvgIpc) is 2.89. The molecule has 4 rings (SSSR count). The number of methoxy groups -OCH3 is 1.